The van der Waals surface area contributed by atoms with Crippen LogP contribution in [0.2, 0.25) is 0 Å². The maximum atomic E-state index is 12.4. The first-order valence-electron chi connectivity index (χ1n) is 8.34. The van der Waals surface area contributed by atoms with E-state index < -0.39 is 15.8 Å². The third-order valence-electron chi connectivity index (χ3n) is 4.09. The van der Waals surface area contributed by atoms with Gasteiger partial charge in [0, 0.05) is 18.4 Å². The van der Waals surface area contributed by atoms with Gasteiger partial charge in [-0.1, -0.05) is 42.5 Å². The average Bonchev–Trinajstić information content (AvgIpc) is 3.01. The van der Waals surface area contributed by atoms with E-state index in [1.54, 1.807) is 11.5 Å². The summed E-state index contributed by atoms with van der Waals surface area (Å²) in [6.07, 6.45) is 1.08. The standard InChI is InChI=1S/C19H20N2O4S/c1-4-21-17(15-12-8-10-13-9-6-7-11-14(13)15)20-16(19(22)25-5-2)18(21)26(3,23)24/h6-12H,4-5H2,1-3H3. The number of aromatic nitrogens is 2. The van der Waals surface area contributed by atoms with Crippen LogP contribution in [0.15, 0.2) is 47.5 Å². The van der Waals surface area contributed by atoms with Crippen molar-refractivity contribution >= 4 is 26.6 Å². The van der Waals surface area contributed by atoms with E-state index >= 15 is 0 Å². The van der Waals surface area contributed by atoms with Gasteiger partial charge in [0.2, 0.25) is 0 Å². The van der Waals surface area contributed by atoms with Crippen LogP contribution in [0, 0.1) is 0 Å². The van der Waals surface area contributed by atoms with Gasteiger partial charge in [-0.25, -0.2) is 18.2 Å². The zero-order valence-electron chi connectivity index (χ0n) is 14.9. The van der Waals surface area contributed by atoms with Crippen molar-refractivity contribution in [2.24, 2.45) is 0 Å². The Kier molecular flexibility index (Phi) is 4.82. The van der Waals surface area contributed by atoms with Gasteiger partial charge >= 0.3 is 5.97 Å². The van der Waals surface area contributed by atoms with Crippen LogP contribution in [0.25, 0.3) is 22.2 Å². The Morgan fingerprint density at radius 2 is 1.81 bits per heavy atom. The molecule has 0 spiro atoms. The molecule has 0 aliphatic carbocycles. The summed E-state index contributed by atoms with van der Waals surface area (Å²) in [5.41, 5.74) is 0.601. The second kappa shape index (κ2) is 6.92. The van der Waals surface area contributed by atoms with Gasteiger partial charge in [-0.15, -0.1) is 0 Å². The van der Waals surface area contributed by atoms with E-state index in [-0.39, 0.29) is 17.3 Å². The van der Waals surface area contributed by atoms with Crippen LogP contribution in [-0.4, -0.2) is 36.8 Å². The zero-order chi connectivity index (χ0) is 18.9. The molecule has 1 aromatic heterocycles. The van der Waals surface area contributed by atoms with Crippen molar-refractivity contribution in [1.29, 1.82) is 0 Å². The number of esters is 1. The van der Waals surface area contributed by atoms with E-state index in [9.17, 15) is 13.2 Å². The van der Waals surface area contributed by atoms with E-state index in [0.29, 0.717) is 12.4 Å². The summed E-state index contributed by atoms with van der Waals surface area (Å²) in [4.78, 5) is 16.7. The number of hydrogen-bond acceptors (Lipinski definition) is 5. The van der Waals surface area contributed by atoms with Gasteiger partial charge in [-0.05, 0) is 24.6 Å². The topological polar surface area (TPSA) is 78.3 Å². The second-order valence-corrected chi connectivity index (χ2v) is 7.78. The van der Waals surface area contributed by atoms with Crippen molar-refractivity contribution in [2.45, 2.75) is 25.4 Å². The summed E-state index contributed by atoms with van der Waals surface area (Å²) in [5.74, 6) is -0.297. The molecule has 0 aliphatic heterocycles. The molecule has 26 heavy (non-hydrogen) atoms. The van der Waals surface area contributed by atoms with Gasteiger partial charge in [0.25, 0.3) is 0 Å². The molecule has 3 aromatic rings. The van der Waals surface area contributed by atoms with Gasteiger partial charge < -0.3 is 9.30 Å². The van der Waals surface area contributed by atoms with Crippen LogP contribution < -0.4 is 0 Å². The first-order chi connectivity index (χ1) is 12.4. The Balaban J connectivity index is 2.36. The van der Waals surface area contributed by atoms with Crippen molar-refractivity contribution < 1.29 is 17.9 Å². The van der Waals surface area contributed by atoms with Crippen LogP contribution in [0.4, 0.5) is 0 Å². The van der Waals surface area contributed by atoms with Gasteiger partial charge in [-0.3, -0.25) is 0 Å². The third kappa shape index (κ3) is 3.10. The van der Waals surface area contributed by atoms with Crippen molar-refractivity contribution in [3.8, 4) is 11.4 Å². The van der Waals surface area contributed by atoms with Crippen molar-refractivity contribution in [3.63, 3.8) is 0 Å². The number of benzene rings is 2. The molecule has 0 saturated carbocycles. The number of carbonyl (C=O) groups excluding carboxylic acids is 1. The Labute approximate surface area is 152 Å². The van der Waals surface area contributed by atoms with Gasteiger partial charge in [0.1, 0.15) is 5.82 Å². The third-order valence-corrected chi connectivity index (χ3v) is 5.20. The summed E-state index contributed by atoms with van der Waals surface area (Å²) in [6, 6.07) is 13.5. The number of fused-ring (bicyclic) bond motifs is 1. The van der Waals surface area contributed by atoms with Crippen LogP contribution in [0.5, 0.6) is 0 Å². The Morgan fingerprint density at radius 3 is 2.46 bits per heavy atom. The lowest BCUT2D eigenvalue weighted by atomic mass is 10.0. The molecule has 0 radical (unpaired) electrons. The molecule has 0 bridgehead atoms. The molecule has 6 nitrogen and oxygen atoms in total. The predicted octanol–water partition coefficient (Wildman–Crippen LogP) is 3.30. The molecular weight excluding hydrogens is 352 g/mol. The molecule has 0 atom stereocenters. The fourth-order valence-electron chi connectivity index (χ4n) is 3.07. The molecule has 0 unspecified atom stereocenters. The second-order valence-electron chi connectivity index (χ2n) is 5.85. The average molecular weight is 372 g/mol. The SMILES string of the molecule is CCOC(=O)c1nc(-c2cccc3ccccc23)n(CC)c1S(C)(=O)=O. The fraction of sp³-hybridized carbons (Fsp3) is 0.263. The predicted molar refractivity (Wildman–Crippen MR) is 99.9 cm³/mol. The summed E-state index contributed by atoms with van der Waals surface area (Å²) in [5, 5.41) is 1.83. The minimum atomic E-state index is -3.68. The number of nitrogens with zero attached hydrogens (tertiary/aromatic N) is 2. The molecule has 1 heterocycles. The molecule has 7 heteroatoms. The first kappa shape index (κ1) is 18.1. The molecule has 0 aliphatic rings. The minimum Gasteiger partial charge on any atom is -0.461 e. The fourth-order valence-corrected chi connectivity index (χ4v) is 4.16. The maximum Gasteiger partial charge on any atom is 0.359 e. The highest BCUT2D eigenvalue weighted by Gasteiger charge is 2.30. The number of carbonyl (C=O) groups is 1. The van der Waals surface area contributed by atoms with Crippen LogP contribution in [0.1, 0.15) is 24.3 Å². The van der Waals surface area contributed by atoms with E-state index in [4.69, 9.17) is 4.74 Å². The lowest BCUT2D eigenvalue weighted by molar-refractivity contribution is 0.0514. The quantitative estimate of drug-likeness (QED) is 0.642. The number of sulfone groups is 1. The summed E-state index contributed by atoms with van der Waals surface area (Å²) < 4.78 is 31.3. The molecule has 2 aromatic carbocycles. The highest BCUT2D eigenvalue weighted by atomic mass is 32.2. The Morgan fingerprint density at radius 1 is 1.12 bits per heavy atom. The highest BCUT2D eigenvalue weighted by Crippen LogP contribution is 2.31. The van der Waals surface area contributed by atoms with E-state index in [1.807, 2.05) is 49.4 Å². The van der Waals surface area contributed by atoms with Crippen LogP contribution >= 0.6 is 0 Å². The highest BCUT2D eigenvalue weighted by molar-refractivity contribution is 7.90. The first-order valence-corrected chi connectivity index (χ1v) is 10.2. The van der Waals surface area contributed by atoms with Gasteiger partial charge in [-0.2, -0.15) is 0 Å². The number of rotatable bonds is 5. The van der Waals surface area contributed by atoms with Crippen LogP contribution in [-0.2, 0) is 21.1 Å². The smallest absolute Gasteiger partial charge is 0.359 e. The summed E-state index contributed by atoms with van der Waals surface area (Å²) in [7, 11) is -3.68. The molecule has 3 rings (SSSR count). The number of hydrogen-bond donors (Lipinski definition) is 0. The molecular formula is C19H20N2O4S. The van der Waals surface area contributed by atoms with Crippen molar-refractivity contribution in [1.82, 2.24) is 9.55 Å². The number of imidazole rings is 1. The van der Waals surface area contributed by atoms with E-state index in [2.05, 4.69) is 4.98 Å². The van der Waals surface area contributed by atoms with Gasteiger partial charge in [0.15, 0.2) is 20.6 Å². The lowest BCUT2D eigenvalue weighted by Crippen LogP contribution is -2.14. The summed E-state index contributed by atoms with van der Waals surface area (Å²) in [6.45, 7) is 3.98. The summed E-state index contributed by atoms with van der Waals surface area (Å²) >= 11 is 0. The number of ether oxygens (including phenoxy) is 1. The maximum absolute atomic E-state index is 12.4. The van der Waals surface area contributed by atoms with Crippen LogP contribution in [0.3, 0.4) is 0 Å². The normalized spacial score (nSPS) is 11.7. The zero-order valence-corrected chi connectivity index (χ0v) is 15.7. The molecule has 0 saturated heterocycles. The Bertz CT molecular complexity index is 1080. The molecule has 0 N–H and O–H groups in total. The van der Waals surface area contributed by atoms with Gasteiger partial charge in [0.05, 0.1) is 6.61 Å². The largest absolute Gasteiger partial charge is 0.461 e. The van der Waals surface area contributed by atoms with Crippen molar-refractivity contribution in [2.75, 3.05) is 12.9 Å². The van der Waals surface area contributed by atoms with E-state index in [1.165, 1.54) is 0 Å². The molecule has 0 fully saturated rings. The van der Waals surface area contributed by atoms with E-state index in [0.717, 1.165) is 22.6 Å². The van der Waals surface area contributed by atoms with Crippen molar-refractivity contribution in [3.05, 3.63) is 48.2 Å². The Hall–Kier alpha value is -2.67. The molecule has 136 valence electrons. The monoisotopic (exact) mass is 372 g/mol. The molecule has 0 amide bonds. The minimum absolute atomic E-state index is 0.110. The lowest BCUT2D eigenvalue weighted by Gasteiger charge is -2.10.